The standard InChI is InChI=1S/C17H11N7O5/c25-17(16-13-6-11(24(28)29)2-4-15(13)20-21-16)22-19-8-9-7-18-14-3-1-10(23(26)27)5-12(9)14/h1-8,18H,(H,20,21)(H,22,25)/b19-8+. The van der Waals surface area contributed by atoms with E-state index in [0.717, 1.165) is 0 Å². The topological polar surface area (TPSA) is 172 Å². The summed E-state index contributed by atoms with van der Waals surface area (Å²) in [7, 11) is 0. The molecule has 12 nitrogen and oxygen atoms in total. The molecular formula is C17H11N7O5. The first kappa shape index (κ1) is 17.8. The van der Waals surface area contributed by atoms with Crippen molar-refractivity contribution in [3.63, 3.8) is 0 Å². The lowest BCUT2D eigenvalue weighted by atomic mass is 10.1. The zero-order valence-electron chi connectivity index (χ0n) is 14.4. The minimum Gasteiger partial charge on any atom is -0.360 e. The second-order valence-corrected chi connectivity index (χ2v) is 5.99. The zero-order chi connectivity index (χ0) is 20.5. The Bertz CT molecular complexity index is 1320. The van der Waals surface area contributed by atoms with Gasteiger partial charge in [-0.1, -0.05) is 0 Å². The predicted octanol–water partition coefficient (Wildman–Crippen LogP) is 2.62. The van der Waals surface area contributed by atoms with Crippen molar-refractivity contribution in [1.29, 1.82) is 0 Å². The lowest BCUT2D eigenvalue weighted by Gasteiger charge is -1.97. The summed E-state index contributed by atoms with van der Waals surface area (Å²) < 4.78 is 0. The van der Waals surface area contributed by atoms with Gasteiger partial charge in [-0.05, 0) is 12.1 Å². The zero-order valence-corrected chi connectivity index (χ0v) is 14.4. The number of amides is 1. The number of non-ortho nitro benzene ring substituents is 2. The van der Waals surface area contributed by atoms with E-state index in [9.17, 15) is 25.0 Å². The van der Waals surface area contributed by atoms with E-state index < -0.39 is 15.8 Å². The molecule has 2 aromatic heterocycles. The Morgan fingerprint density at radius 2 is 1.69 bits per heavy atom. The van der Waals surface area contributed by atoms with Gasteiger partial charge in [-0.3, -0.25) is 30.1 Å². The molecule has 0 spiro atoms. The average molecular weight is 393 g/mol. The molecule has 144 valence electrons. The van der Waals surface area contributed by atoms with Gasteiger partial charge in [-0.2, -0.15) is 10.2 Å². The molecule has 0 bridgehead atoms. The van der Waals surface area contributed by atoms with Crippen LogP contribution in [0.1, 0.15) is 16.1 Å². The molecular weight excluding hydrogens is 382 g/mol. The predicted molar refractivity (Wildman–Crippen MR) is 103 cm³/mol. The second-order valence-electron chi connectivity index (χ2n) is 5.99. The van der Waals surface area contributed by atoms with E-state index in [2.05, 4.69) is 25.7 Å². The first-order valence-corrected chi connectivity index (χ1v) is 8.15. The van der Waals surface area contributed by atoms with Crippen LogP contribution in [0.5, 0.6) is 0 Å². The number of hydrogen-bond donors (Lipinski definition) is 3. The molecule has 2 aromatic carbocycles. The fourth-order valence-electron chi connectivity index (χ4n) is 2.85. The van der Waals surface area contributed by atoms with Crippen molar-refractivity contribution in [2.45, 2.75) is 0 Å². The molecule has 0 aliphatic heterocycles. The van der Waals surface area contributed by atoms with E-state index in [-0.39, 0.29) is 22.5 Å². The van der Waals surface area contributed by atoms with Crippen molar-refractivity contribution in [2.24, 2.45) is 5.10 Å². The molecule has 4 aromatic rings. The molecule has 12 heteroatoms. The van der Waals surface area contributed by atoms with Gasteiger partial charge in [0, 0.05) is 52.3 Å². The number of nitrogens with one attached hydrogen (secondary N) is 3. The number of nitrogens with zero attached hydrogens (tertiary/aromatic N) is 4. The van der Waals surface area contributed by atoms with Crippen LogP contribution in [0.4, 0.5) is 11.4 Å². The molecule has 0 unspecified atom stereocenters. The van der Waals surface area contributed by atoms with Gasteiger partial charge in [0.2, 0.25) is 0 Å². The highest BCUT2D eigenvalue weighted by Gasteiger charge is 2.17. The fourth-order valence-corrected chi connectivity index (χ4v) is 2.85. The van der Waals surface area contributed by atoms with Crippen LogP contribution in [0.2, 0.25) is 0 Å². The summed E-state index contributed by atoms with van der Waals surface area (Å²) in [5.74, 6) is -0.668. The summed E-state index contributed by atoms with van der Waals surface area (Å²) in [6.07, 6.45) is 2.93. The van der Waals surface area contributed by atoms with Crippen molar-refractivity contribution in [3.05, 3.63) is 74.1 Å². The highest BCUT2D eigenvalue weighted by molar-refractivity contribution is 6.06. The molecule has 0 saturated carbocycles. The van der Waals surface area contributed by atoms with Crippen molar-refractivity contribution in [2.75, 3.05) is 0 Å². The van der Waals surface area contributed by atoms with Crippen LogP contribution in [-0.4, -0.2) is 37.1 Å². The van der Waals surface area contributed by atoms with Crippen molar-refractivity contribution in [1.82, 2.24) is 20.6 Å². The van der Waals surface area contributed by atoms with Crippen LogP contribution < -0.4 is 5.43 Å². The number of nitro groups is 2. The third-order valence-corrected chi connectivity index (χ3v) is 4.25. The minimum atomic E-state index is -0.668. The van der Waals surface area contributed by atoms with E-state index in [4.69, 9.17) is 0 Å². The normalized spacial score (nSPS) is 11.3. The number of benzene rings is 2. The number of hydrogen-bond acceptors (Lipinski definition) is 7. The Labute approximate surface area is 160 Å². The van der Waals surface area contributed by atoms with Gasteiger partial charge in [0.1, 0.15) is 0 Å². The van der Waals surface area contributed by atoms with E-state index >= 15 is 0 Å². The van der Waals surface area contributed by atoms with Gasteiger partial charge in [0.25, 0.3) is 17.3 Å². The molecule has 0 radical (unpaired) electrons. The summed E-state index contributed by atoms with van der Waals surface area (Å²) in [4.78, 5) is 36.1. The minimum absolute atomic E-state index is 0.0459. The van der Waals surface area contributed by atoms with Gasteiger partial charge in [-0.25, -0.2) is 5.43 Å². The maximum atomic E-state index is 12.4. The number of nitro benzene ring substituents is 2. The third kappa shape index (κ3) is 3.25. The summed E-state index contributed by atoms with van der Waals surface area (Å²) in [5.41, 5.74) is 3.69. The van der Waals surface area contributed by atoms with E-state index in [1.165, 1.54) is 36.5 Å². The maximum absolute atomic E-state index is 12.4. The summed E-state index contributed by atoms with van der Waals surface area (Å²) in [6.45, 7) is 0. The second kappa shape index (κ2) is 6.84. The number of carbonyl (C=O) groups is 1. The fraction of sp³-hybridized carbons (Fsp3) is 0. The number of hydrazone groups is 1. The number of fused-ring (bicyclic) bond motifs is 2. The quantitative estimate of drug-likeness (QED) is 0.267. The molecule has 29 heavy (non-hydrogen) atoms. The highest BCUT2D eigenvalue weighted by atomic mass is 16.6. The smallest absolute Gasteiger partial charge is 0.292 e. The Morgan fingerprint density at radius 1 is 1.03 bits per heavy atom. The molecule has 4 rings (SSSR count). The van der Waals surface area contributed by atoms with Crippen LogP contribution in [0.3, 0.4) is 0 Å². The van der Waals surface area contributed by atoms with Crippen molar-refractivity contribution < 1.29 is 14.6 Å². The van der Waals surface area contributed by atoms with Crippen LogP contribution in [0.15, 0.2) is 47.7 Å². The first-order chi connectivity index (χ1) is 13.9. The van der Waals surface area contributed by atoms with E-state index in [0.29, 0.717) is 22.0 Å². The molecule has 0 aliphatic carbocycles. The Hall–Kier alpha value is -4.61. The largest absolute Gasteiger partial charge is 0.360 e. The maximum Gasteiger partial charge on any atom is 0.292 e. The molecule has 0 saturated heterocycles. The average Bonchev–Trinajstić information content (AvgIpc) is 3.31. The Balaban J connectivity index is 1.58. The van der Waals surface area contributed by atoms with Crippen LogP contribution in [0, 0.1) is 20.2 Å². The summed E-state index contributed by atoms with van der Waals surface area (Å²) >= 11 is 0. The number of rotatable bonds is 5. The van der Waals surface area contributed by atoms with Gasteiger partial charge in [0.15, 0.2) is 5.69 Å². The lowest BCUT2D eigenvalue weighted by Crippen LogP contribution is -2.18. The number of aromatic amines is 2. The number of H-pyrrole nitrogens is 2. The van der Waals surface area contributed by atoms with Gasteiger partial charge >= 0.3 is 0 Å². The van der Waals surface area contributed by atoms with Crippen molar-refractivity contribution in [3.8, 4) is 0 Å². The molecule has 2 heterocycles. The van der Waals surface area contributed by atoms with Crippen LogP contribution in [-0.2, 0) is 0 Å². The lowest BCUT2D eigenvalue weighted by molar-refractivity contribution is -0.384. The molecule has 0 fully saturated rings. The van der Waals surface area contributed by atoms with Gasteiger partial charge < -0.3 is 4.98 Å². The monoisotopic (exact) mass is 393 g/mol. The molecule has 1 amide bonds. The van der Waals surface area contributed by atoms with Crippen LogP contribution >= 0.6 is 0 Å². The van der Waals surface area contributed by atoms with E-state index in [1.54, 1.807) is 12.3 Å². The molecule has 3 N–H and O–H groups in total. The summed E-state index contributed by atoms with van der Waals surface area (Å²) in [5, 5.41) is 33.1. The van der Waals surface area contributed by atoms with Crippen LogP contribution in [0.25, 0.3) is 21.8 Å². The first-order valence-electron chi connectivity index (χ1n) is 8.15. The van der Waals surface area contributed by atoms with Crippen molar-refractivity contribution >= 4 is 45.3 Å². The third-order valence-electron chi connectivity index (χ3n) is 4.25. The van der Waals surface area contributed by atoms with E-state index in [1.807, 2.05) is 0 Å². The highest BCUT2D eigenvalue weighted by Crippen LogP contribution is 2.23. The SMILES string of the molecule is O=C(N/N=C/c1c[nH]c2ccc([N+](=O)[O-])cc12)c1n[nH]c2ccc([N+](=O)[O-])cc12. The number of carbonyl (C=O) groups excluding carboxylic acids is 1. The summed E-state index contributed by atoms with van der Waals surface area (Å²) in [6, 6.07) is 8.36. The Kier molecular flexibility index (Phi) is 4.20. The Morgan fingerprint density at radius 3 is 2.38 bits per heavy atom. The molecule has 0 aliphatic rings. The molecule has 0 atom stereocenters. The van der Waals surface area contributed by atoms with Gasteiger partial charge in [-0.15, -0.1) is 0 Å². The number of aromatic nitrogens is 3. The van der Waals surface area contributed by atoms with Gasteiger partial charge in [0.05, 0.1) is 21.6 Å².